The van der Waals surface area contributed by atoms with Gasteiger partial charge in [-0.05, 0) is 43.4 Å². The fourth-order valence-electron chi connectivity index (χ4n) is 2.81. The number of aromatic amines is 1. The van der Waals surface area contributed by atoms with E-state index in [1.807, 2.05) is 29.2 Å². The molecule has 2 fully saturated rings. The summed E-state index contributed by atoms with van der Waals surface area (Å²) in [6.07, 6.45) is 4.57. The third kappa shape index (κ3) is 4.15. The van der Waals surface area contributed by atoms with E-state index < -0.39 is 0 Å². The third-order valence-corrected chi connectivity index (χ3v) is 5.42. The van der Waals surface area contributed by atoms with Crippen molar-refractivity contribution in [2.24, 2.45) is 0 Å². The van der Waals surface area contributed by atoms with E-state index in [9.17, 15) is 4.79 Å². The van der Waals surface area contributed by atoms with Crippen LogP contribution in [0.3, 0.4) is 0 Å². The summed E-state index contributed by atoms with van der Waals surface area (Å²) in [5.41, 5.74) is 1.12. The second-order valence-corrected chi connectivity index (χ2v) is 7.61. The first-order chi connectivity index (χ1) is 12.2. The van der Waals surface area contributed by atoms with Crippen LogP contribution < -0.4 is 4.74 Å². The Labute approximate surface area is 151 Å². The number of benzene rings is 1. The number of H-pyrrole nitrogens is 1. The molecule has 7 heteroatoms. The fraction of sp³-hybridized carbons (Fsp3) is 0.500. The fourth-order valence-corrected chi connectivity index (χ4v) is 3.50. The van der Waals surface area contributed by atoms with Crippen LogP contribution in [0.5, 0.6) is 5.75 Å². The summed E-state index contributed by atoms with van der Waals surface area (Å²) in [5.74, 6) is 2.89. The monoisotopic (exact) mass is 358 g/mol. The van der Waals surface area contributed by atoms with Crippen LogP contribution in [-0.4, -0.2) is 44.9 Å². The summed E-state index contributed by atoms with van der Waals surface area (Å²) in [4.78, 5) is 19.2. The molecular formula is C18H22N4O2S. The van der Waals surface area contributed by atoms with E-state index in [2.05, 4.69) is 15.2 Å². The molecule has 132 valence electrons. The summed E-state index contributed by atoms with van der Waals surface area (Å²) < 4.78 is 5.19. The van der Waals surface area contributed by atoms with Crippen LogP contribution in [0.2, 0.25) is 0 Å². The van der Waals surface area contributed by atoms with E-state index in [0.717, 1.165) is 30.0 Å². The number of rotatable bonds is 8. The Balaban J connectivity index is 1.35. The average Bonchev–Trinajstić information content (AvgIpc) is 3.57. The summed E-state index contributed by atoms with van der Waals surface area (Å²) in [7, 11) is 1.66. The van der Waals surface area contributed by atoms with Gasteiger partial charge < -0.3 is 9.64 Å². The van der Waals surface area contributed by atoms with Gasteiger partial charge in [-0.25, -0.2) is 4.98 Å². The summed E-state index contributed by atoms with van der Waals surface area (Å²) >= 11 is 1.42. The molecule has 2 aliphatic rings. The second-order valence-electron chi connectivity index (χ2n) is 6.67. The van der Waals surface area contributed by atoms with Gasteiger partial charge >= 0.3 is 0 Å². The lowest BCUT2D eigenvalue weighted by Gasteiger charge is -2.22. The van der Waals surface area contributed by atoms with E-state index >= 15 is 0 Å². The van der Waals surface area contributed by atoms with Crippen LogP contribution in [0.1, 0.15) is 43.0 Å². The lowest BCUT2D eigenvalue weighted by Crippen LogP contribution is -2.34. The maximum absolute atomic E-state index is 12.7. The minimum absolute atomic E-state index is 0.154. The van der Waals surface area contributed by atoms with E-state index in [1.54, 1.807) is 7.11 Å². The van der Waals surface area contributed by atoms with Crippen molar-refractivity contribution in [3.63, 3.8) is 0 Å². The molecule has 0 atom stereocenters. The molecule has 1 aromatic carbocycles. The Bertz CT molecular complexity index is 738. The molecule has 1 amide bonds. The first-order valence-corrected chi connectivity index (χ1v) is 9.69. The first-order valence-electron chi connectivity index (χ1n) is 8.70. The highest BCUT2D eigenvalue weighted by Gasteiger charge is 2.33. The van der Waals surface area contributed by atoms with Gasteiger partial charge in [-0.15, -0.1) is 5.10 Å². The van der Waals surface area contributed by atoms with E-state index in [-0.39, 0.29) is 5.91 Å². The average molecular weight is 358 g/mol. The van der Waals surface area contributed by atoms with Gasteiger partial charge in [0.2, 0.25) is 11.1 Å². The van der Waals surface area contributed by atoms with E-state index in [1.165, 1.54) is 24.6 Å². The number of nitrogens with zero attached hydrogens (tertiary/aromatic N) is 3. The van der Waals surface area contributed by atoms with Gasteiger partial charge in [0, 0.05) is 18.5 Å². The summed E-state index contributed by atoms with van der Waals surface area (Å²) in [5, 5.41) is 7.88. The molecule has 6 nitrogen and oxygen atoms in total. The van der Waals surface area contributed by atoms with Gasteiger partial charge in [-0.2, -0.15) is 0 Å². The standard InChI is InChI=1S/C18H22N4O2S/c1-24-15-8-2-12(3-9-15)10-22(14-6-7-14)16(23)11-25-18-19-17(20-21-18)13-4-5-13/h2-3,8-9,13-14H,4-7,10-11H2,1H3,(H,19,20,21). The molecule has 0 aliphatic heterocycles. The van der Waals surface area contributed by atoms with Gasteiger partial charge in [0.1, 0.15) is 11.6 Å². The van der Waals surface area contributed by atoms with Crippen molar-refractivity contribution in [3.8, 4) is 5.75 Å². The lowest BCUT2D eigenvalue weighted by atomic mass is 10.2. The van der Waals surface area contributed by atoms with E-state index in [0.29, 0.717) is 29.4 Å². The van der Waals surface area contributed by atoms with Gasteiger partial charge in [0.25, 0.3) is 0 Å². The normalized spacial score (nSPS) is 16.7. The number of thioether (sulfide) groups is 1. The molecule has 1 aromatic heterocycles. The molecule has 2 aliphatic carbocycles. The Kier molecular flexibility index (Phi) is 4.65. The molecule has 0 unspecified atom stereocenters. The molecular weight excluding hydrogens is 336 g/mol. The predicted molar refractivity (Wildman–Crippen MR) is 95.6 cm³/mol. The number of ether oxygens (including phenoxy) is 1. The van der Waals surface area contributed by atoms with Crippen LogP contribution in [-0.2, 0) is 11.3 Å². The second kappa shape index (κ2) is 7.07. The van der Waals surface area contributed by atoms with Crippen molar-refractivity contribution in [2.45, 2.75) is 49.3 Å². The minimum Gasteiger partial charge on any atom is -0.497 e. The smallest absolute Gasteiger partial charge is 0.233 e. The zero-order valence-electron chi connectivity index (χ0n) is 14.3. The molecule has 0 spiro atoms. The number of hydrogen-bond acceptors (Lipinski definition) is 5. The summed E-state index contributed by atoms with van der Waals surface area (Å²) in [6.45, 7) is 0.648. The number of methoxy groups -OCH3 is 1. The quantitative estimate of drug-likeness (QED) is 0.735. The highest BCUT2D eigenvalue weighted by molar-refractivity contribution is 7.99. The van der Waals surface area contributed by atoms with Crippen molar-refractivity contribution in [1.82, 2.24) is 20.1 Å². The molecule has 1 heterocycles. The molecule has 4 rings (SSSR count). The minimum atomic E-state index is 0.154. The van der Waals surface area contributed by atoms with Crippen molar-refractivity contribution < 1.29 is 9.53 Å². The largest absolute Gasteiger partial charge is 0.497 e. The molecule has 2 aromatic rings. The number of carbonyl (C=O) groups is 1. The maximum atomic E-state index is 12.7. The van der Waals surface area contributed by atoms with Gasteiger partial charge in [-0.1, -0.05) is 23.9 Å². The Morgan fingerprint density at radius 2 is 2.04 bits per heavy atom. The Hall–Kier alpha value is -2.02. The zero-order valence-corrected chi connectivity index (χ0v) is 15.1. The maximum Gasteiger partial charge on any atom is 0.233 e. The highest BCUT2D eigenvalue weighted by atomic mass is 32.2. The van der Waals surface area contributed by atoms with Crippen LogP contribution >= 0.6 is 11.8 Å². The Morgan fingerprint density at radius 3 is 2.68 bits per heavy atom. The topological polar surface area (TPSA) is 71.1 Å². The number of aromatic nitrogens is 3. The molecule has 0 bridgehead atoms. The lowest BCUT2D eigenvalue weighted by molar-refractivity contribution is -0.129. The van der Waals surface area contributed by atoms with Gasteiger partial charge in [0.15, 0.2) is 0 Å². The molecule has 0 radical (unpaired) electrons. The third-order valence-electron chi connectivity index (χ3n) is 4.59. The van der Waals surface area contributed by atoms with E-state index in [4.69, 9.17) is 4.74 Å². The number of amides is 1. The molecule has 25 heavy (non-hydrogen) atoms. The van der Waals surface area contributed by atoms with Crippen LogP contribution in [0, 0.1) is 0 Å². The first kappa shape index (κ1) is 16.4. The number of carbonyl (C=O) groups excluding carboxylic acids is 1. The highest BCUT2D eigenvalue weighted by Crippen LogP contribution is 2.38. The molecule has 2 saturated carbocycles. The Morgan fingerprint density at radius 1 is 1.28 bits per heavy atom. The van der Waals surface area contributed by atoms with Crippen LogP contribution in [0.25, 0.3) is 0 Å². The predicted octanol–water partition coefficient (Wildman–Crippen LogP) is 2.97. The zero-order chi connectivity index (χ0) is 17.2. The van der Waals surface area contributed by atoms with Crippen LogP contribution in [0.4, 0.5) is 0 Å². The van der Waals surface area contributed by atoms with Crippen molar-refractivity contribution >= 4 is 17.7 Å². The summed E-state index contributed by atoms with van der Waals surface area (Å²) in [6, 6.07) is 8.29. The number of hydrogen-bond donors (Lipinski definition) is 1. The number of nitrogens with one attached hydrogen (secondary N) is 1. The van der Waals surface area contributed by atoms with Crippen molar-refractivity contribution in [1.29, 1.82) is 0 Å². The molecule has 0 saturated heterocycles. The van der Waals surface area contributed by atoms with Crippen molar-refractivity contribution in [2.75, 3.05) is 12.9 Å². The molecule has 1 N–H and O–H groups in total. The van der Waals surface area contributed by atoms with Crippen molar-refractivity contribution in [3.05, 3.63) is 35.7 Å². The van der Waals surface area contributed by atoms with Crippen LogP contribution in [0.15, 0.2) is 29.4 Å². The SMILES string of the molecule is COc1ccc(CN(C(=O)CSc2n[nH]c(C3CC3)n2)C2CC2)cc1. The van der Waals surface area contributed by atoms with Gasteiger partial charge in [0.05, 0.1) is 12.9 Å². The van der Waals surface area contributed by atoms with Gasteiger partial charge in [-0.3, -0.25) is 9.89 Å².